The van der Waals surface area contributed by atoms with E-state index in [9.17, 15) is 9.59 Å². The first-order valence-corrected chi connectivity index (χ1v) is 10.6. The molecule has 0 aliphatic rings. The molecule has 3 rings (SSSR count). The van der Waals surface area contributed by atoms with Gasteiger partial charge in [0.1, 0.15) is 12.4 Å². The molecule has 0 fully saturated rings. The summed E-state index contributed by atoms with van der Waals surface area (Å²) in [7, 11) is 0. The van der Waals surface area contributed by atoms with Crippen LogP contribution in [0.4, 0.5) is 0 Å². The van der Waals surface area contributed by atoms with Gasteiger partial charge in [0.15, 0.2) is 0 Å². The largest absolute Gasteiger partial charge is 0.345 e. The summed E-state index contributed by atoms with van der Waals surface area (Å²) >= 11 is 0. The Morgan fingerprint density at radius 1 is 1.03 bits per heavy atom. The topological polar surface area (TPSA) is 67.2 Å². The molecule has 0 aliphatic heterocycles. The van der Waals surface area contributed by atoms with Crippen molar-refractivity contribution in [1.82, 2.24) is 19.8 Å². The fraction of sp³-hybridized carbons (Fsp3) is 0.375. The maximum atomic E-state index is 13.0. The monoisotopic (exact) mass is 406 g/mol. The van der Waals surface area contributed by atoms with Crippen LogP contribution in [-0.2, 0) is 17.9 Å². The van der Waals surface area contributed by atoms with Crippen molar-refractivity contribution in [3.8, 4) is 0 Å². The van der Waals surface area contributed by atoms with Crippen LogP contribution in [0.2, 0.25) is 0 Å². The van der Waals surface area contributed by atoms with Crippen molar-refractivity contribution < 1.29 is 9.59 Å². The highest BCUT2D eigenvalue weighted by Gasteiger charge is 2.18. The number of benzene rings is 2. The summed E-state index contributed by atoms with van der Waals surface area (Å²) in [6.07, 6.45) is 1.85. The van der Waals surface area contributed by atoms with Crippen LogP contribution in [-0.4, -0.2) is 39.4 Å². The van der Waals surface area contributed by atoms with Crippen molar-refractivity contribution in [2.45, 2.75) is 46.7 Å². The van der Waals surface area contributed by atoms with E-state index in [1.165, 1.54) is 0 Å². The number of carbonyl (C=O) groups excluding carboxylic acids is 2. The lowest BCUT2D eigenvalue weighted by Crippen LogP contribution is -2.35. The molecule has 0 spiro atoms. The van der Waals surface area contributed by atoms with Gasteiger partial charge in [-0.3, -0.25) is 9.59 Å². The number of rotatable bonds is 9. The molecule has 0 bridgehead atoms. The van der Waals surface area contributed by atoms with Crippen LogP contribution in [0.5, 0.6) is 0 Å². The molecule has 0 aliphatic carbocycles. The average molecular weight is 407 g/mol. The number of fused-ring (bicyclic) bond motifs is 1. The van der Waals surface area contributed by atoms with E-state index in [-0.39, 0.29) is 24.9 Å². The molecule has 2 amide bonds. The van der Waals surface area contributed by atoms with Gasteiger partial charge >= 0.3 is 0 Å². The highest BCUT2D eigenvalue weighted by Crippen LogP contribution is 2.17. The van der Waals surface area contributed by atoms with E-state index in [1.807, 2.05) is 58.9 Å². The molecule has 1 N–H and O–H groups in total. The third-order valence-corrected chi connectivity index (χ3v) is 5.05. The van der Waals surface area contributed by atoms with Gasteiger partial charge in [0.2, 0.25) is 5.91 Å². The van der Waals surface area contributed by atoms with Gasteiger partial charge in [0.05, 0.1) is 17.6 Å². The Morgan fingerprint density at radius 3 is 2.47 bits per heavy atom. The summed E-state index contributed by atoms with van der Waals surface area (Å²) in [5.41, 5.74) is 3.37. The predicted molar refractivity (Wildman–Crippen MR) is 119 cm³/mol. The molecule has 1 heterocycles. The fourth-order valence-corrected chi connectivity index (χ4v) is 3.62. The lowest BCUT2D eigenvalue weighted by molar-refractivity contribution is -0.131. The lowest BCUT2D eigenvalue weighted by atomic mass is 10.1. The van der Waals surface area contributed by atoms with Gasteiger partial charge in [-0.2, -0.15) is 0 Å². The minimum Gasteiger partial charge on any atom is -0.345 e. The molecule has 0 radical (unpaired) electrons. The van der Waals surface area contributed by atoms with Gasteiger partial charge in [-0.25, -0.2) is 4.98 Å². The molecular formula is C24H30N4O2. The number of nitrogens with one attached hydrogen (secondary N) is 1. The standard InChI is InChI=1S/C24H30N4O2/c1-4-13-27(14-5-2)23(29)17-28-21-12-7-6-11-20(21)26-22(28)16-25-24(30)19-10-8-9-18(3)15-19/h6-12,15H,4-5,13-14,16-17H2,1-3H3,(H,25,30). The summed E-state index contributed by atoms with van der Waals surface area (Å²) in [6.45, 7) is 8.09. The minimum atomic E-state index is -0.151. The predicted octanol–water partition coefficient (Wildman–Crippen LogP) is 3.92. The summed E-state index contributed by atoms with van der Waals surface area (Å²) in [5.74, 6) is 0.605. The Bertz CT molecular complexity index is 1020. The third kappa shape index (κ3) is 5.06. The van der Waals surface area contributed by atoms with Crippen LogP contribution in [0.1, 0.15) is 48.4 Å². The second kappa shape index (κ2) is 10.1. The van der Waals surface area contributed by atoms with Crippen molar-refractivity contribution in [3.05, 3.63) is 65.5 Å². The van der Waals surface area contributed by atoms with E-state index in [4.69, 9.17) is 0 Å². The van der Waals surface area contributed by atoms with E-state index in [0.717, 1.165) is 42.5 Å². The van der Waals surface area contributed by atoms with E-state index in [2.05, 4.69) is 24.1 Å². The van der Waals surface area contributed by atoms with Gasteiger partial charge in [0, 0.05) is 18.7 Å². The number of hydrogen-bond acceptors (Lipinski definition) is 3. The van der Waals surface area contributed by atoms with Gasteiger partial charge in [-0.05, 0) is 44.0 Å². The lowest BCUT2D eigenvalue weighted by Gasteiger charge is -2.22. The number of imidazole rings is 1. The average Bonchev–Trinajstić information content (AvgIpc) is 3.09. The zero-order valence-electron chi connectivity index (χ0n) is 18.0. The highest BCUT2D eigenvalue weighted by molar-refractivity contribution is 5.94. The van der Waals surface area contributed by atoms with Gasteiger partial charge in [-0.1, -0.05) is 43.7 Å². The second-order valence-electron chi connectivity index (χ2n) is 7.54. The van der Waals surface area contributed by atoms with Crippen LogP contribution in [0.25, 0.3) is 11.0 Å². The molecule has 0 atom stereocenters. The van der Waals surface area contributed by atoms with Crippen LogP contribution < -0.4 is 5.32 Å². The molecule has 2 aromatic carbocycles. The Kier molecular flexibility index (Phi) is 7.22. The van der Waals surface area contributed by atoms with Crippen LogP contribution in [0.3, 0.4) is 0 Å². The fourth-order valence-electron chi connectivity index (χ4n) is 3.62. The van der Waals surface area contributed by atoms with Crippen molar-refractivity contribution in [3.63, 3.8) is 0 Å². The summed E-state index contributed by atoms with van der Waals surface area (Å²) in [4.78, 5) is 32.1. The van der Waals surface area contributed by atoms with Gasteiger partial charge in [0.25, 0.3) is 5.91 Å². The highest BCUT2D eigenvalue weighted by atomic mass is 16.2. The number of amides is 2. The summed E-state index contributed by atoms with van der Waals surface area (Å²) < 4.78 is 1.92. The zero-order chi connectivity index (χ0) is 21.5. The number of carbonyl (C=O) groups is 2. The molecule has 1 aromatic heterocycles. The molecule has 6 heteroatoms. The summed E-state index contributed by atoms with van der Waals surface area (Å²) in [5, 5.41) is 2.95. The number of hydrogen-bond donors (Lipinski definition) is 1. The summed E-state index contributed by atoms with van der Waals surface area (Å²) in [6, 6.07) is 15.2. The Morgan fingerprint density at radius 2 is 1.77 bits per heavy atom. The van der Waals surface area contributed by atoms with E-state index in [1.54, 1.807) is 6.07 Å². The number of aryl methyl sites for hydroxylation is 1. The minimum absolute atomic E-state index is 0.0770. The number of para-hydroxylation sites is 2. The normalized spacial score (nSPS) is 10.9. The molecule has 30 heavy (non-hydrogen) atoms. The van der Waals surface area contributed by atoms with E-state index < -0.39 is 0 Å². The van der Waals surface area contributed by atoms with E-state index in [0.29, 0.717) is 11.4 Å². The van der Waals surface area contributed by atoms with Crippen molar-refractivity contribution >= 4 is 22.8 Å². The van der Waals surface area contributed by atoms with E-state index >= 15 is 0 Å². The maximum Gasteiger partial charge on any atom is 0.251 e. The molecule has 0 unspecified atom stereocenters. The first-order valence-electron chi connectivity index (χ1n) is 10.6. The Labute approximate surface area is 177 Å². The SMILES string of the molecule is CCCN(CCC)C(=O)Cn1c(CNC(=O)c2cccc(C)c2)nc2ccccc21. The molecule has 6 nitrogen and oxygen atoms in total. The Hall–Kier alpha value is -3.15. The first-order chi connectivity index (χ1) is 14.5. The molecule has 0 saturated carbocycles. The van der Waals surface area contributed by atoms with Crippen molar-refractivity contribution in [2.75, 3.05) is 13.1 Å². The molecule has 3 aromatic rings. The Balaban J connectivity index is 1.82. The van der Waals surface area contributed by atoms with Crippen LogP contribution in [0.15, 0.2) is 48.5 Å². The maximum absolute atomic E-state index is 13.0. The number of aromatic nitrogens is 2. The third-order valence-electron chi connectivity index (χ3n) is 5.05. The molecular weight excluding hydrogens is 376 g/mol. The second-order valence-corrected chi connectivity index (χ2v) is 7.54. The van der Waals surface area contributed by atoms with Crippen molar-refractivity contribution in [1.29, 1.82) is 0 Å². The first kappa shape index (κ1) is 21.6. The van der Waals surface area contributed by atoms with Crippen LogP contribution >= 0.6 is 0 Å². The molecule has 0 saturated heterocycles. The smallest absolute Gasteiger partial charge is 0.251 e. The van der Waals surface area contributed by atoms with Crippen LogP contribution in [0, 0.1) is 6.92 Å². The quantitative estimate of drug-likeness (QED) is 0.586. The number of nitrogens with zero attached hydrogens (tertiary/aromatic N) is 3. The van der Waals surface area contributed by atoms with Gasteiger partial charge in [-0.15, -0.1) is 0 Å². The van der Waals surface area contributed by atoms with Crippen molar-refractivity contribution in [2.24, 2.45) is 0 Å². The molecule has 158 valence electrons. The van der Waals surface area contributed by atoms with Gasteiger partial charge < -0.3 is 14.8 Å². The zero-order valence-corrected chi connectivity index (χ0v) is 18.0.